The zero-order valence-electron chi connectivity index (χ0n) is 6.49. The highest BCUT2D eigenvalue weighted by Gasteiger charge is 2.24. The summed E-state index contributed by atoms with van der Waals surface area (Å²) in [6.07, 6.45) is 0. The molecular weight excluding hydrogens is 178 g/mol. The van der Waals surface area contributed by atoms with Crippen molar-refractivity contribution in [1.29, 1.82) is 0 Å². The van der Waals surface area contributed by atoms with Crippen LogP contribution in [0.3, 0.4) is 0 Å². The minimum Gasteiger partial charge on any atom is -0.378 e. The van der Waals surface area contributed by atoms with Crippen molar-refractivity contribution < 1.29 is 9.57 Å². The van der Waals surface area contributed by atoms with Gasteiger partial charge in [0.05, 0.1) is 19.3 Å². The lowest BCUT2D eigenvalue weighted by atomic mass is 10.2. The molecule has 1 fully saturated rings. The number of thiol groups is 1. The SMILES string of the molecule is S[C@@H]1N=C([C@@H]2COCCN2)NO1. The molecule has 0 aromatic heterocycles. The minimum atomic E-state index is -0.385. The predicted octanol–water partition coefficient (Wildman–Crippen LogP) is -0.879. The van der Waals surface area contributed by atoms with Gasteiger partial charge in [-0.25, -0.2) is 15.3 Å². The van der Waals surface area contributed by atoms with Crippen LogP contribution in [0, 0.1) is 0 Å². The number of hydrogen-bond donors (Lipinski definition) is 3. The van der Waals surface area contributed by atoms with E-state index in [0.717, 1.165) is 19.0 Å². The number of morpholine rings is 1. The largest absolute Gasteiger partial charge is 0.378 e. The third-order valence-electron chi connectivity index (χ3n) is 1.77. The highest BCUT2D eigenvalue weighted by Crippen LogP contribution is 2.07. The predicted molar refractivity (Wildman–Crippen MR) is 47.0 cm³/mol. The molecule has 2 aliphatic heterocycles. The second-order valence-electron chi connectivity index (χ2n) is 2.64. The molecule has 1 saturated heterocycles. The third-order valence-corrected chi connectivity index (χ3v) is 1.99. The lowest BCUT2D eigenvalue weighted by molar-refractivity contribution is 0.0777. The van der Waals surface area contributed by atoms with Gasteiger partial charge in [-0.1, -0.05) is 0 Å². The summed E-state index contributed by atoms with van der Waals surface area (Å²) >= 11 is 4.03. The minimum absolute atomic E-state index is 0.121. The van der Waals surface area contributed by atoms with Gasteiger partial charge in [-0.3, -0.25) is 0 Å². The van der Waals surface area contributed by atoms with E-state index < -0.39 is 0 Å². The van der Waals surface area contributed by atoms with Crippen molar-refractivity contribution in [3.05, 3.63) is 0 Å². The van der Waals surface area contributed by atoms with Gasteiger partial charge < -0.3 is 10.1 Å². The Hall–Kier alpha value is -0.300. The van der Waals surface area contributed by atoms with Gasteiger partial charge in [0.15, 0.2) is 0 Å². The molecule has 0 bridgehead atoms. The maximum absolute atomic E-state index is 5.27. The van der Waals surface area contributed by atoms with Crippen LogP contribution in [0.15, 0.2) is 4.99 Å². The van der Waals surface area contributed by atoms with Crippen LogP contribution in [-0.2, 0) is 9.57 Å². The number of rotatable bonds is 1. The number of hydroxylamine groups is 1. The van der Waals surface area contributed by atoms with Crippen molar-refractivity contribution in [3.8, 4) is 0 Å². The van der Waals surface area contributed by atoms with Crippen molar-refractivity contribution in [2.24, 2.45) is 4.99 Å². The maximum Gasteiger partial charge on any atom is 0.220 e. The first-order chi connectivity index (χ1) is 5.86. The zero-order valence-corrected chi connectivity index (χ0v) is 7.38. The molecule has 0 radical (unpaired) electrons. The van der Waals surface area contributed by atoms with Gasteiger partial charge in [-0.05, 0) is 0 Å². The Morgan fingerprint density at radius 1 is 1.58 bits per heavy atom. The number of nitrogens with one attached hydrogen (secondary N) is 2. The molecule has 2 atom stereocenters. The fourth-order valence-electron chi connectivity index (χ4n) is 1.19. The molecule has 0 amide bonds. The van der Waals surface area contributed by atoms with E-state index in [1.54, 1.807) is 0 Å². The van der Waals surface area contributed by atoms with Crippen LogP contribution in [0.1, 0.15) is 0 Å². The van der Waals surface area contributed by atoms with Crippen LogP contribution in [0.2, 0.25) is 0 Å². The lowest BCUT2D eigenvalue weighted by Crippen LogP contribution is -2.49. The molecule has 2 aliphatic rings. The normalized spacial score (nSPS) is 35.9. The summed E-state index contributed by atoms with van der Waals surface area (Å²) in [4.78, 5) is 9.05. The second-order valence-corrected chi connectivity index (χ2v) is 3.08. The van der Waals surface area contributed by atoms with Gasteiger partial charge in [-0.15, -0.1) is 12.6 Å². The van der Waals surface area contributed by atoms with Crippen LogP contribution in [0.4, 0.5) is 0 Å². The van der Waals surface area contributed by atoms with E-state index in [9.17, 15) is 0 Å². The summed E-state index contributed by atoms with van der Waals surface area (Å²) in [7, 11) is 0. The Labute approximate surface area is 75.9 Å². The number of hydrogen-bond acceptors (Lipinski definition) is 6. The Bertz CT molecular complexity index is 193. The van der Waals surface area contributed by atoms with Crippen molar-refractivity contribution >= 4 is 18.5 Å². The molecule has 0 aromatic carbocycles. The molecule has 2 N–H and O–H groups in total. The topological polar surface area (TPSA) is 54.9 Å². The van der Waals surface area contributed by atoms with E-state index in [0.29, 0.717) is 6.61 Å². The first-order valence-corrected chi connectivity index (χ1v) is 4.36. The maximum atomic E-state index is 5.27. The number of aliphatic imine (C=N–C) groups is 1. The van der Waals surface area contributed by atoms with E-state index in [-0.39, 0.29) is 11.6 Å². The van der Waals surface area contributed by atoms with Gasteiger partial charge in [0.2, 0.25) is 5.56 Å². The average Bonchev–Trinajstić information content (AvgIpc) is 2.54. The summed E-state index contributed by atoms with van der Waals surface area (Å²) in [5.74, 6) is 0.773. The summed E-state index contributed by atoms with van der Waals surface area (Å²) in [5.41, 5.74) is 2.32. The second kappa shape index (κ2) is 3.61. The molecule has 2 rings (SSSR count). The van der Waals surface area contributed by atoms with Gasteiger partial charge in [0, 0.05) is 6.54 Å². The summed E-state index contributed by atoms with van der Waals surface area (Å²) in [6, 6.07) is 0.121. The van der Waals surface area contributed by atoms with Crippen molar-refractivity contribution in [1.82, 2.24) is 10.8 Å². The van der Waals surface area contributed by atoms with Crippen molar-refractivity contribution in [2.75, 3.05) is 19.8 Å². The van der Waals surface area contributed by atoms with E-state index in [4.69, 9.17) is 9.57 Å². The number of amidine groups is 1. The van der Waals surface area contributed by atoms with E-state index in [2.05, 4.69) is 28.4 Å². The molecule has 6 heteroatoms. The highest BCUT2D eigenvalue weighted by molar-refractivity contribution is 7.80. The molecular formula is C6H11N3O2S. The Balaban J connectivity index is 1.94. The van der Waals surface area contributed by atoms with E-state index in [1.807, 2.05) is 0 Å². The molecule has 0 aliphatic carbocycles. The van der Waals surface area contributed by atoms with Crippen LogP contribution < -0.4 is 10.8 Å². The summed E-state index contributed by atoms with van der Waals surface area (Å²) < 4.78 is 5.27. The van der Waals surface area contributed by atoms with Gasteiger partial charge in [0.1, 0.15) is 5.84 Å². The Kier molecular flexibility index (Phi) is 2.50. The van der Waals surface area contributed by atoms with Gasteiger partial charge >= 0.3 is 0 Å². The van der Waals surface area contributed by atoms with E-state index in [1.165, 1.54) is 0 Å². The van der Waals surface area contributed by atoms with Crippen molar-refractivity contribution in [2.45, 2.75) is 11.6 Å². The van der Waals surface area contributed by atoms with Crippen LogP contribution >= 0.6 is 12.6 Å². The Morgan fingerprint density at radius 3 is 3.08 bits per heavy atom. The quantitative estimate of drug-likeness (QED) is 0.469. The molecule has 0 saturated carbocycles. The molecule has 5 nitrogen and oxygen atoms in total. The third kappa shape index (κ3) is 1.71. The number of ether oxygens (including phenoxy) is 1. The van der Waals surface area contributed by atoms with E-state index >= 15 is 0 Å². The summed E-state index contributed by atoms with van der Waals surface area (Å²) in [5, 5.41) is 3.25. The fraction of sp³-hybridized carbons (Fsp3) is 0.833. The van der Waals surface area contributed by atoms with Crippen LogP contribution in [-0.4, -0.2) is 37.2 Å². The zero-order chi connectivity index (χ0) is 8.39. The molecule has 68 valence electrons. The van der Waals surface area contributed by atoms with Gasteiger partial charge in [0.25, 0.3) is 0 Å². The first-order valence-electron chi connectivity index (χ1n) is 3.85. The molecule has 0 spiro atoms. The standard InChI is InChI=1S/C6H11N3O2S/c12-6-8-5(9-11-6)4-3-10-2-1-7-4/h4,6-7,12H,1-3H2,(H,8,9)/t4-,6+/m0/s1. The molecule has 0 unspecified atom stereocenters. The first kappa shape index (κ1) is 8.31. The lowest BCUT2D eigenvalue weighted by Gasteiger charge is -2.22. The monoisotopic (exact) mass is 189 g/mol. The van der Waals surface area contributed by atoms with Crippen LogP contribution in [0.25, 0.3) is 0 Å². The molecule has 12 heavy (non-hydrogen) atoms. The fourth-order valence-corrected chi connectivity index (χ4v) is 1.36. The average molecular weight is 189 g/mol. The molecule has 2 heterocycles. The summed E-state index contributed by atoms with van der Waals surface area (Å²) in [6.45, 7) is 2.24. The number of nitrogens with zero attached hydrogens (tertiary/aromatic N) is 1. The molecule has 0 aromatic rings. The highest BCUT2D eigenvalue weighted by atomic mass is 32.1. The van der Waals surface area contributed by atoms with Gasteiger partial charge in [-0.2, -0.15) is 0 Å². The van der Waals surface area contributed by atoms with Crippen molar-refractivity contribution in [3.63, 3.8) is 0 Å². The Morgan fingerprint density at radius 2 is 2.50 bits per heavy atom. The smallest absolute Gasteiger partial charge is 0.220 e. The van der Waals surface area contributed by atoms with Crippen LogP contribution in [0.5, 0.6) is 0 Å².